The first-order valence-electron chi connectivity index (χ1n) is 12.4. The molecule has 1 unspecified atom stereocenters. The molecule has 1 N–H and O–H groups in total. The van der Waals surface area contributed by atoms with E-state index in [9.17, 15) is 9.59 Å². The van der Waals surface area contributed by atoms with Crippen LogP contribution in [-0.2, 0) is 11.3 Å². The van der Waals surface area contributed by atoms with Crippen LogP contribution < -0.4 is 10.2 Å². The fourth-order valence-corrected chi connectivity index (χ4v) is 5.66. The van der Waals surface area contributed by atoms with Crippen LogP contribution in [0.4, 0.5) is 10.9 Å². The van der Waals surface area contributed by atoms with Gasteiger partial charge in [0.15, 0.2) is 5.13 Å². The summed E-state index contributed by atoms with van der Waals surface area (Å²) in [4.78, 5) is 39.8. The molecule has 0 aliphatic carbocycles. The van der Waals surface area contributed by atoms with Crippen molar-refractivity contribution in [3.05, 3.63) is 95.1 Å². The van der Waals surface area contributed by atoms with Gasteiger partial charge in [-0.3, -0.25) is 14.9 Å². The van der Waals surface area contributed by atoms with Crippen molar-refractivity contribution in [2.24, 2.45) is 0 Å². The van der Waals surface area contributed by atoms with Gasteiger partial charge in [-0.05, 0) is 34.9 Å². The lowest BCUT2D eigenvalue weighted by atomic mass is 10.0. The molecule has 1 saturated heterocycles. The van der Waals surface area contributed by atoms with Crippen molar-refractivity contribution in [2.75, 3.05) is 36.4 Å². The maximum absolute atomic E-state index is 13.7. The molecule has 2 aliphatic rings. The van der Waals surface area contributed by atoms with Gasteiger partial charge < -0.3 is 9.80 Å². The van der Waals surface area contributed by atoms with Crippen LogP contribution in [0.5, 0.6) is 0 Å². The second-order valence-corrected chi connectivity index (χ2v) is 10.8. The SMILES string of the molecule is O=C(Nc1nccs1)C(c1ccccc1)N1Cc2ccc(-c3ccc(N4CCN(S)CC4)nc3)cc2C1=O. The summed E-state index contributed by atoms with van der Waals surface area (Å²) in [7, 11) is 0. The van der Waals surface area contributed by atoms with Crippen LogP contribution in [0, 0.1) is 0 Å². The van der Waals surface area contributed by atoms with Gasteiger partial charge in [0, 0.05) is 61.6 Å². The quantitative estimate of drug-likeness (QED) is 0.349. The molecular formula is C28H26N6O2S2. The molecule has 4 aromatic rings. The van der Waals surface area contributed by atoms with E-state index in [1.54, 1.807) is 16.5 Å². The fraction of sp³-hybridized carbons (Fsp3) is 0.214. The number of hydrogen-bond acceptors (Lipinski definition) is 8. The topological polar surface area (TPSA) is 81.7 Å². The lowest BCUT2D eigenvalue weighted by Crippen LogP contribution is -2.42. The number of anilines is 2. The third-order valence-electron chi connectivity index (χ3n) is 6.94. The highest BCUT2D eigenvalue weighted by molar-refractivity contribution is 7.77. The Bertz CT molecular complexity index is 1440. The molecular weight excluding hydrogens is 516 g/mol. The third kappa shape index (κ3) is 4.90. The maximum Gasteiger partial charge on any atom is 0.255 e. The number of hydrogen-bond donors (Lipinski definition) is 2. The molecule has 4 heterocycles. The molecule has 192 valence electrons. The first-order valence-corrected chi connectivity index (χ1v) is 13.7. The largest absolute Gasteiger partial charge is 0.354 e. The van der Waals surface area contributed by atoms with Crippen LogP contribution >= 0.6 is 24.2 Å². The van der Waals surface area contributed by atoms with Gasteiger partial charge in [0.25, 0.3) is 11.8 Å². The highest BCUT2D eigenvalue weighted by Gasteiger charge is 2.37. The van der Waals surface area contributed by atoms with Gasteiger partial charge in [-0.1, -0.05) is 55.3 Å². The molecule has 2 amide bonds. The van der Waals surface area contributed by atoms with Crippen LogP contribution in [0.3, 0.4) is 0 Å². The number of nitrogens with one attached hydrogen (secondary N) is 1. The lowest BCUT2D eigenvalue weighted by Gasteiger charge is -2.32. The van der Waals surface area contributed by atoms with E-state index in [1.165, 1.54) is 11.3 Å². The summed E-state index contributed by atoms with van der Waals surface area (Å²) in [6, 6.07) is 18.6. The van der Waals surface area contributed by atoms with Gasteiger partial charge in [-0.25, -0.2) is 14.3 Å². The Morgan fingerprint density at radius 3 is 2.47 bits per heavy atom. The summed E-state index contributed by atoms with van der Waals surface area (Å²) >= 11 is 5.76. The second-order valence-electron chi connectivity index (χ2n) is 9.29. The van der Waals surface area contributed by atoms with Gasteiger partial charge >= 0.3 is 0 Å². The molecule has 10 heteroatoms. The molecule has 2 aromatic heterocycles. The highest BCUT2D eigenvalue weighted by Crippen LogP contribution is 2.35. The van der Waals surface area contributed by atoms with Gasteiger partial charge in [0.1, 0.15) is 11.9 Å². The number of benzene rings is 2. The minimum absolute atomic E-state index is 0.167. The van der Waals surface area contributed by atoms with Crippen LogP contribution in [0.2, 0.25) is 0 Å². The van der Waals surface area contributed by atoms with E-state index in [1.807, 2.05) is 71.2 Å². The molecule has 0 bridgehead atoms. The Kier molecular flexibility index (Phi) is 6.84. The molecule has 2 aliphatic heterocycles. The van der Waals surface area contributed by atoms with E-state index in [2.05, 4.69) is 33.0 Å². The van der Waals surface area contributed by atoms with Crippen molar-refractivity contribution in [1.82, 2.24) is 19.2 Å². The maximum atomic E-state index is 13.7. The molecule has 0 spiro atoms. The number of piperazine rings is 1. The Balaban J connectivity index is 1.25. The minimum Gasteiger partial charge on any atom is -0.354 e. The summed E-state index contributed by atoms with van der Waals surface area (Å²) in [5.41, 5.74) is 4.12. The predicted octanol–water partition coefficient (Wildman–Crippen LogP) is 4.51. The second kappa shape index (κ2) is 10.6. The average molecular weight is 543 g/mol. The van der Waals surface area contributed by atoms with Crippen LogP contribution in [0.15, 0.2) is 78.4 Å². The monoisotopic (exact) mass is 542 g/mol. The first kappa shape index (κ1) is 24.6. The molecule has 1 atom stereocenters. The van der Waals surface area contributed by atoms with Crippen molar-refractivity contribution >= 4 is 46.9 Å². The van der Waals surface area contributed by atoms with Gasteiger partial charge in [0.2, 0.25) is 0 Å². The minimum atomic E-state index is -0.776. The summed E-state index contributed by atoms with van der Waals surface area (Å²) in [5.74, 6) is 0.487. The van der Waals surface area contributed by atoms with E-state index in [4.69, 9.17) is 0 Å². The number of carbonyl (C=O) groups excluding carboxylic acids is 2. The zero-order valence-corrected chi connectivity index (χ0v) is 22.2. The van der Waals surface area contributed by atoms with E-state index in [-0.39, 0.29) is 11.8 Å². The smallest absolute Gasteiger partial charge is 0.255 e. The summed E-state index contributed by atoms with van der Waals surface area (Å²) in [6.45, 7) is 3.91. The highest BCUT2D eigenvalue weighted by atomic mass is 32.1. The molecule has 2 aromatic carbocycles. The van der Waals surface area contributed by atoms with Gasteiger partial charge in [-0.2, -0.15) is 0 Å². The molecule has 38 heavy (non-hydrogen) atoms. The van der Waals surface area contributed by atoms with E-state index < -0.39 is 6.04 Å². The van der Waals surface area contributed by atoms with E-state index >= 15 is 0 Å². The predicted molar refractivity (Wildman–Crippen MR) is 152 cm³/mol. The first-order chi connectivity index (χ1) is 18.6. The van der Waals surface area contributed by atoms with Crippen LogP contribution in [0.25, 0.3) is 11.1 Å². The van der Waals surface area contributed by atoms with Crippen molar-refractivity contribution < 1.29 is 9.59 Å². The van der Waals surface area contributed by atoms with Gasteiger partial charge in [0.05, 0.1) is 0 Å². The van der Waals surface area contributed by atoms with Crippen molar-refractivity contribution in [1.29, 1.82) is 0 Å². The molecule has 6 rings (SSSR count). The van der Waals surface area contributed by atoms with Crippen LogP contribution in [-0.4, -0.2) is 57.2 Å². The summed E-state index contributed by atoms with van der Waals surface area (Å²) in [6.07, 6.45) is 3.50. The van der Waals surface area contributed by atoms with Gasteiger partial charge in [-0.15, -0.1) is 11.3 Å². The lowest BCUT2D eigenvalue weighted by molar-refractivity contribution is -0.120. The number of aromatic nitrogens is 2. The fourth-order valence-electron chi connectivity index (χ4n) is 4.95. The Hall–Kier alpha value is -3.73. The number of pyridine rings is 1. The summed E-state index contributed by atoms with van der Waals surface area (Å²) < 4.78 is 2.01. The standard InChI is InChI=1S/C28H26N6O2S2/c35-26(31-28-29-10-15-38-28)25(19-4-2-1-3-5-19)34-18-22-7-6-20(16-23(22)27(34)36)21-8-9-24(30-17-21)32-11-13-33(37)14-12-32/h1-10,15-17,25,37H,11-14,18H2,(H,29,31,35). The Labute approximate surface area is 230 Å². The van der Waals surface area contributed by atoms with E-state index in [0.29, 0.717) is 17.2 Å². The molecule has 1 fully saturated rings. The van der Waals surface area contributed by atoms with Crippen LogP contribution in [0.1, 0.15) is 27.5 Å². The third-order valence-corrected chi connectivity index (χ3v) is 8.03. The number of nitrogens with zero attached hydrogens (tertiary/aromatic N) is 5. The zero-order valence-electron chi connectivity index (χ0n) is 20.5. The number of thiol groups is 1. The number of fused-ring (bicyclic) bond motifs is 1. The van der Waals surface area contributed by atoms with Crippen molar-refractivity contribution in [2.45, 2.75) is 12.6 Å². The molecule has 0 radical (unpaired) electrons. The average Bonchev–Trinajstić information content (AvgIpc) is 3.58. The normalized spacial score (nSPS) is 16.4. The van der Waals surface area contributed by atoms with Crippen molar-refractivity contribution in [3.8, 4) is 11.1 Å². The number of thiazole rings is 1. The summed E-state index contributed by atoms with van der Waals surface area (Å²) in [5, 5.41) is 5.18. The molecule has 0 saturated carbocycles. The molecule has 8 nitrogen and oxygen atoms in total. The number of amides is 2. The number of rotatable bonds is 6. The van der Waals surface area contributed by atoms with Crippen molar-refractivity contribution in [3.63, 3.8) is 0 Å². The zero-order chi connectivity index (χ0) is 26.1. The number of carbonyl (C=O) groups is 2. The Morgan fingerprint density at radius 2 is 1.76 bits per heavy atom. The van der Waals surface area contributed by atoms with E-state index in [0.717, 1.165) is 54.3 Å². The Morgan fingerprint density at radius 1 is 0.974 bits per heavy atom.